The zero-order chi connectivity index (χ0) is 21.1. The Balaban J connectivity index is 2.11. The SMILES string of the molecule is NC(=O)[C@H](Cc1ccc(Cl)cc1Cl)NC(=O)[C@@H](O)c1ccc(C(F)(F)F)cc1. The van der Waals surface area contributed by atoms with Crippen LogP contribution in [0.3, 0.4) is 0 Å². The van der Waals surface area contributed by atoms with Gasteiger partial charge in [0.1, 0.15) is 6.04 Å². The van der Waals surface area contributed by atoms with Crippen LogP contribution in [-0.2, 0) is 22.2 Å². The molecule has 0 spiro atoms. The van der Waals surface area contributed by atoms with Gasteiger partial charge in [0, 0.05) is 16.5 Å². The number of aliphatic hydroxyl groups excluding tert-OH is 1. The molecule has 150 valence electrons. The molecule has 10 heteroatoms. The van der Waals surface area contributed by atoms with Crippen LogP contribution < -0.4 is 11.1 Å². The van der Waals surface area contributed by atoms with E-state index in [1.165, 1.54) is 6.07 Å². The Morgan fingerprint density at radius 1 is 1.11 bits per heavy atom. The van der Waals surface area contributed by atoms with Crippen molar-refractivity contribution in [1.29, 1.82) is 0 Å². The average Bonchev–Trinajstić information content (AvgIpc) is 2.61. The largest absolute Gasteiger partial charge is 0.416 e. The van der Waals surface area contributed by atoms with Gasteiger partial charge in [-0.15, -0.1) is 0 Å². The number of carbonyl (C=O) groups excluding carboxylic acids is 2. The fraction of sp³-hybridized carbons (Fsp3) is 0.222. The number of amides is 2. The summed E-state index contributed by atoms with van der Waals surface area (Å²) in [4.78, 5) is 23.9. The van der Waals surface area contributed by atoms with Crippen molar-refractivity contribution >= 4 is 35.0 Å². The van der Waals surface area contributed by atoms with Gasteiger partial charge in [-0.25, -0.2) is 0 Å². The number of nitrogens with one attached hydrogen (secondary N) is 1. The third-order valence-electron chi connectivity index (χ3n) is 3.90. The zero-order valence-corrected chi connectivity index (χ0v) is 15.6. The molecule has 0 saturated heterocycles. The fourth-order valence-electron chi connectivity index (χ4n) is 2.39. The van der Waals surface area contributed by atoms with Crippen molar-refractivity contribution in [3.63, 3.8) is 0 Å². The summed E-state index contributed by atoms with van der Waals surface area (Å²) >= 11 is 11.8. The molecule has 0 fully saturated rings. The molecule has 4 N–H and O–H groups in total. The van der Waals surface area contributed by atoms with Crippen molar-refractivity contribution in [3.8, 4) is 0 Å². The summed E-state index contributed by atoms with van der Waals surface area (Å²) in [5.74, 6) is -1.87. The maximum atomic E-state index is 12.6. The van der Waals surface area contributed by atoms with E-state index in [1.54, 1.807) is 12.1 Å². The molecule has 2 rings (SSSR count). The molecule has 2 atom stereocenters. The lowest BCUT2D eigenvalue weighted by Crippen LogP contribution is -2.47. The van der Waals surface area contributed by atoms with Crippen LogP contribution in [0, 0.1) is 0 Å². The quantitative estimate of drug-likeness (QED) is 0.651. The fourth-order valence-corrected chi connectivity index (χ4v) is 2.87. The number of halogens is 5. The first-order valence-electron chi connectivity index (χ1n) is 7.88. The predicted molar refractivity (Wildman–Crippen MR) is 97.7 cm³/mol. The highest BCUT2D eigenvalue weighted by molar-refractivity contribution is 6.35. The standard InChI is InChI=1S/C18H15Cl2F3N2O3/c19-12-6-3-10(13(20)8-12)7-14(16(24)27)25-17(28)15(26)9-1-4-11(5-2-9)18(21,22)23/h1-6,8,14-15,26H,7H2,(H2,24,27)(H,25,28)/t14-,15-/m0/s1. The molecular formula is C18H15Cl2F3N2O3. The van der Waals surface area contributed by atoms with Crippen molar-refractivity contribution < 1.29 is 27.9 Å². The number of nitrogens with two attached hydrogens (primary N) is 1. The molecule has 0 heterocycles. The lowest BCUT2D eigenvalue weighted by molar-refractivity contribution is -0.137. The second-order valence-corrected chi connectivity index (χ2v) is 6.77. The minimum atomic E-state index is -4.54. The molecule has 0 radical (unpaired) electrons. The van der Waals surface area contributed by atoms with E-state index in [0.717, 1.165) is 24.3 Å². The van der Waals surface area contributed by atoms with E-state index in [9.17, 15) is 27.9 Å². The first-order chi connectivity index (χ1) is 13.0. The van der Waals surface area contributed by atoms with Gasteiger partial charge in [0.25, 0.3) is 5.91 Å². The number of primary amides is 1. The highest BCUT2D eigenvalue weighted by atomic mass is 35.5. The second kappa shape index (κ2) is 8.81. The van der Waals surface area contributed by atoms with Gasteiger partial charge < -0.3 is 16.2 Å². The van der Waals surface area contributed by atoms with Gasteiger partial charge in [-0.1, -0.05) is 41.4 Å². The third-order valence-corrected chi connectivity index (χ3v) is 4.49. The number of carbonyl (C=O) groups is 2. The average molecular weight is 435 g/mol. The Kier molecular flexibility index (Phi) is 6.92. The first kappa shape index (κ1) is 22.0. The number of hydrogen-bond acceptors (Lipinski definition) is 3. The van der Waals surface area contributed by atoms with Gasteiger partial charge in [0.05, 0.1) is 5.56 Å². The molecule has 2 aromatic rings. The van der Waals surface area contributed by atoms with Gasteiger partial charge in [0.2, 0.25) is 5.91 Å². The van der Waals surface area contributed by atoms with Crippen LogP contribution in [0.1, 0.15) is 22.8 Å². The molecule has 0 unspecified atom stereocenters. The maximum absolute atomic E-state index is 12.6. The molecule has 0 aromatic heterocycles. The number of alkyl halides is 3. The van der Waals surface area contributed by atoms with Crippen molar-refractivity contribution in [2.45, 2.75) is 24.7 Å². The Morgan fingerprint density at radius 2 is 1.71 bits per heavy atom. The van der Waals surface area contributed by atoms with E-state index in [4.69, 9.17) is 28.9 Å². The van der Waals surface area contributed by atoms with Gasteiger partial charge >= 0.3 is 6.18 Å². The molecule has 5 nitrogen and oxygen atoms in total. The summed E-state index contributed by atoms with van der Waals surface area (Å²) in [6.45, 7) is 0. The normalized spacial score (nSPS) is 13.6. The van der Waals surface area contributed by atoms with E-state index < -0.39 is 35.7 Å². The Hall–Kier alpha value is -2.29. The number of hydrogen-bond donors (Lipinski definition) is 3. The molecule has 2 amide bonds. The summed E-state index contributed by atoms with van der Waals surface area (Å²) in [6, 6.07) is 6.78. The van der Waals surface area contributed by atoms with Crippen LogP contribution in [-0.4, -0.2) is 23.0 Å². The van der Waals surface area contributed by atoms with E-state index in [0.29, 0.717) is 10.6 Å². The molecule has 0 aliphatic heterocycles. The Bertz CT molecular complexity index is 873. The zero-order valence-electron chi connectivity index (χ0n) is 14.1. The second-order valence-electron chi connectivity index (χ2n) is 5.93. The Labute approximate surface area is 168 Å². The van der Waals surface area contributed by atoms with Gasteiger partial charge in [-0.3, -0.25) is 9.59 Å². The summed E-state index contributed by atoms with van der Waals surface area (Å²) in [7, 11) is 0. The van der Waals surface area contributed by atoms with E-state index in [1.807, 2.05) is 0 Å². The van der Waals surface area contributed by atoms with Crippen LogP contribution in [0.5, 0.6) is 0 Å². The van der Waals surface area contributed by atoms with Crippen LogP contribution >= 0.6 is 23.2 Å². The topological polar surface area (TPSA) is 92.4 Å². The lowest BCUT2D eigenvalue weighted by atomic mass is 10.0. The molecule has 0 aliphatic carbocycles. The van der Waals surface area contributed by atoms with Crippen LogP contribution in [0.25, 0.3) is 0 Å². The lowest BCUT2D eigenvalue weighted by Gasteiger charge is -2.19. The van der Waals surface area contributed by atoms with Crippen molar-refractivity contribution in [2.24, 2.45) is 5.73 Å². The van der Waals surface area contributed by atoms with Gasteiger partial charge in [0.15, 0.2) is 6.10 Å². The monoisotopic (exact) mass is 434 g/mol. The van der Waals surface area contributed by atoms with E-state index in [2.05, 4.69) is 5.32 Å². The van der Waals surface area contributed by atoms with Crippen molar-refractivity contribution in [3.05, 3.63) is 69.2 Å². The first-order valence-corrected chi connectivity index (χ1v) is 8.63. The van der Waals surface area contributed by atoms with E-state index >= 15 is 0 Å². The summed E-state index contributed by atoms with van der Waals surface area (Å²) in [6.07, 6.45) is -6.39. The number of aliphatic hydroxyl groups is 1. The van der Waals surface area contributed by atoms with Crippen LogP contribution in [0.4, 0.5) is 13.2 Å². The minimum absolute atomic E-state index is 0.0587. The summed E-state index contributed by atoms with van der Waals surface area (Å²) in [5, 5.41) is 13.0. The van der Waals surface area contributed by atoms with Crippen molar-refractivity contribution in [1.82, 2.24) is 5.32 Å². The molecule has 2 aromatic carbocycles. The summed E-state index contributed by atoms with van der Waals surface area (Å²) in [5.41, 5.74) is 4.78. The molecular weight excluding hydrogens is 420 g/mol. The van der Waals surface area contributed by atoms with Crippen LogP contribution in [0.15, 0.2) is 42.5 Å². The smallest absolute Gasteiger partial charge is 0.378 e. The van der Waals surface area contributed by atoms with E-state index in [-0.39, 0.29) is 17.0 Å². The molecule has 0 aliphatic rings. The Morgan fingerprint density at radius 3 is 2.21 bits per heavy atom. The maximum Gasteiger partial charge on any atom is 0.416 e. The third kappa shape index (κ3) is 5.60. The number of rotatable bonds is 6. The van der Waals surface area contributed by atoms with Gasteiger partial charge in [-0.2, -0.15) is 13.2 Å². The molecule has 0 saturated carbocycles. The van der Waals surface area contributed by atoms with Gasteiger partial charge in [-0.05, 0) is 35.4 Å². The van der Waals surface area contributed by atoms with Crippen molar-refractivity contribution in [2.75, 3.05) is 0 Å². The molecule has 28 heavy (non-hydrogen) atoms. The highest BCUT2D eigenvalue weighted by Gasteiger charge is 2.31. The summed E-state index contributed by atoms with van der Waals surface area (Å²) < 4.78 is 37.8. The highest BCUT2D eigenvalue weighted by Crippen LogP contribution is 2.30. The minimum Gasteiger partial charge on any atom is -0.378 e. The molecule has 0 bridgehead atoms. The van der Waals surface area contributed by atoms with Crippen LogP contribution in [0.2, 0.25) is 10.0 Å². The number of benzene rings is 2. The predicted octanol–water partition coefficient (Wildman–Crippen LogP) is 3.26.